The van der Waals surface area contributed by atoms with Gasteiger partial charge in [-0.25, -0.2) is 9.82 Å². The van der Waals surface area contributed by atoms with Crippen LogP contribution in [0.2, 0.25) is 0 Å². The maximum atomic E-state index is 13.5. The van der Waals surface area contributed by atoms with E-state index in [-0.39, 0.29) is 11.9 Å². The van der Waals surface area contributed by atoms with E-state index in [1.165, 1.54) is 17.7 Å². The van der Waals surface area contributed by atoms with Crippen molar-refractivity contribution in [2.45, 2.75) is 32.7 Å². The van der Waals surface area contributed by atoms with Crippen LogP contribution in [0.25, 0.3) is 0 Å². The van der Waals surface area contributed by atoms with Crippen LogP contribution in [0.15, 0.2) is 42.5 Å². The molecule has 0 aliphatic rings. The van der Waals surface area contributed by atoms with Crippen LogP contribution in [0.3, 0.4) is 0 Å². The Hall–Kier alpha value is -1.71. The summed E-state index contributed by atoms with van der Waals surface area (Å²) in [5.41, 5.74) is 6.98. The molecule has 0 aliphatic carbocycles. The minimum atomic E-state index is -0.246. The zero-order chi connectivity index (χ0) is 14.7. The van der Waals surface area contributed by atoms with Crippen molar-refractivity contribution in [2.75, 3.05) is 0 Å². The Morgan fingerprint density at radius 1 is 1.00 bits per heavy atom. The maximum Gasteiger partial charge on any atom is 0.123 e. The molecular formula is C17H21FN2. The molecule has 20 heavy (non-hydrogen) atoms. The lowest BCUT2D eigenvalue weighted by molar-refractivity contribution is 0.602. The van der Waals surface area contributed by atoms with Crippen LogP contribution >= 0.6 is 0 Å². The molecule has 2 nitrogen and oxygen atoms in total. The van der Waals surface area contributed by atoms with Crippen LogP contribution in [0.5, 0.6) is 0 Å². The van der Waals surface area contributed by atoms with Gasteiger partial charge in [0, 0.05) is 0 Å². The van der Waals surface area contributed by atoms with Crippen LogP contribution in [0.1, 0.15) is 48.1 Å². The van der Waals surface area contributed by atoms with Crippen molar-refractivity contribution < 1.29 is 4.39 Å². The lowest BCUT2D eigenvalue weighted by Crippen LogP contribution is -2.29. The van der Waals surface area contributed by atoms with Gasteiger partial charge in [0.1, 0.15) is 5.82 Å². The first kappa shape index (κ1) is 14.7. The average molecular weight is 272 g/mol. The predicted molar refractivity (Wildman–Crippen MR) is 80.8 cm³/mol. The number of hydrazine groups is 1. The number of hydrogen-bond donors (Lipinski definition) is 2. The van der Waals surface area contributed by atoms with Crippen molar-refractivity contribution in [1.29, 1.82) is 0 Å². The van der Waals surface area contributed by atoms with E-state index in [1.54, 1.807) is 6.07 Å². The molecule has 0 spiro atoms. The minimum absolute atomic E-state index is 0.202. The van der Waals surface area contributed by atoms with Gasteiger partial charge in [-0.15, -0.1) is 0 Å². The summed E-state index contributed by atoms with van der Waals surface area (Å²) in [5.74, 6) is 5.93. The fourth-order valence-electron chi connectivity index (χ4n) is 2.36. The molecule has 106 valence electrons. The summed E-state index contributed by atoms with van der Waals surface area (Å²) in [4.78, 5) is 0. The number of rotatable bonds is 4. The molecule has 0 radical (unpaired) electrons. The molecule has 0 bridgehead atoms. The summed E-state index contributed by atoms with van der Waals surface area (Å²) in [6.07, 6.45) is 0. The van der Waals surface area contributed by atoms with Crippen LogP contribution in [0.4, 0.5) is 4.39 Å². The summed E-state index contributed by atoms with van der Waals surface area (Å²) in [6, 6.07) is 12.9. The third-order valence-corrected chi connectivity index (χ3v) is 3.66. The number of nitrogens with one attached hydrogen (secondary N) is 1. The van der Waals surface area contributed by atoms with Gasteiger partial charge in [0.25, 0.3) is 0 Å². The van der Waals surface area contributed by atoms with E-state index in [4.69, 9.17) is 5.84 Å². The number of nitrogens with two attached hydrogens (primary N) is 1. The van der Waals surface area contributed by atoms with Crippen LogP contribution in [-0.4, -0.2) is 0 Å². The molecule has 2 aromatic carbocycles. The van der Waals surface area contributed by atoms with Gasteiger partial charge in [-0.05, 0) is 47.2 Å². The molecule has 3 N–H and O–H groups in total. The molecule has 0 aromatic heterocycles. The van der Waals surface area contributed by atoms with E-state index in [9.17, 15) is 4.39 Å². The third-order valence-electron chi connectivity index (χ3n) is 3.66. The highest BCUT2D eigenvalue weighted by Crippen LogP contribution is 2.26. The first-order chi connectivity index (χ1) is 9.52. The van der Waals surface area contributed by atoms with Crippen LogP contribution in [-0.2, 0) is 0 Å². The third kappa shape index (κ3) is 3.06. The van der Waals surface area contributed by atoms with Crippen molar-refractivity contribution in [2.24, 2.45) is 5.84 Å². The molecule has 2 rings (SSSR count). The Morgan fingerprint density at radius 3 is 2.15 bits per heavy atom. The normalized spacial score (nSPS) is 12.7. The summed E-state index contributed by atoms with van der Waals surface area (Å²) >= 11 is 0. The molecule has 1 atom stereocenters. The zero-order valence-electron chi connectivity index (χ0n) is 12.2. The second-order valence-corrected chi connectivity index (χ2v) is 5.42. The summed E-state index contributed by atoms with van der Waals surface area (Å²) in [5, 5.41) is 0. The SMILES string of the molecule is Cc1ccc(F)cc1C(NN)c1ccc(C(C)C)cc1. The Morgan fingerprint density at radius 2 is 1.60 bits per heavy atom. The first-order valence-electron chi connectivity index (χ1n) is 6.85. The predicted octanol–water partition coefficient (Wildman–Crippen LogP) is 3.81. The van der Waals surface area contributed by atoms with Crippen LogP contribution < -0.4 is 11.3 Å². The average Bonchev–Trinajstić information content (AvgIpc) is 2.44. The molecule has 0 fully saturated rings. The van der Waals surface area contributed by atoms with Crippen molar-refractivity contribution >= 4 is 0 Å². The number of halogens is 1. The Kier molecular flexibility index (Phi) is 4.53. The number of hydrogen-bond acceptors (Lipinski definition) is 2. The zero-order valence-corrected chi connectivity index (χ0v) is 12.2. The molecule has 3 heteroatoms. The highest BCUT2D eigenvalue weighted by Gasteiger charge is 2.15. The fraction of sp³-hybridized carbons (Fsp3) is 0.294. The second-order valence-electron chi connectivity index (χ2n) is 5.42. The summed E-state index contributed by atoms with van der Waals surface area (Å²) < 4.78 is 13.5. The standard InChI is InChI=1S/C17H21FN2/c1-11(2)13-5-7-14(8-6-13)17(20-19)16-10-15(18)9-4-12(16)3/h4-11,17,20H,19H2,1-3H3. The quantitative estimate of drug-likeness (QED) is 0.656. The first-order valence-corrected chi connectivity index (χ1v) is 6.85. The van der Waals surface area contributed by atoms with E-state index >= 15 is 0 Å². The van der Waals surface area contributed by atoms with Crippen molar-refractivity contribution in [1.82, 2.24) is 5.43 Å². The molecule has 2 aromatic rings. The maximum absolute atomic E-state index is 13.5. The van der Waals surface area contributed by atoms with Gasteiger partial charge in [0.2, 0.25) is 0 Å². The van der Waals surface area contributed by atoms with Crippen LogP contribution in [0, 0.1) is 12.7 Å². The van der Waals surface area contributed by atoms with Crippen molar-refractivity contribution in [3.63, 3.8) is 0 Å². The highest BCUT2D eigenvalue weighted by molar-refractivity contribution is 5.38. The number of aryl methyl sites for hydroxylation is 1. The van der Waals surface area contributed by atoms with Gasteiger partial charge >= 0.3 is 0 Å². The van der Waals surface area contributed by atoms with Crippen molar-refractivity contribution in [3.05, 3.63) is 70.5 Å². The lowest BCUT2D eigenvalue weighted by atomic mass is 9.93. The fourth-order valence-corrected chi connectivity index (χ4v) is 2.36. The molecule has 0 saturated carbocycles. The van der Waals surface area contributed by atoms with Gasteiger partial charge in [0.15, 0.2) is 0 Å². The molecule has 0 heterocycles. The smallest absolute Gasteiger partial charge is 0.123 e. The molecule has 1 unspecified atom stereocenters. The Bertz CT molecular complexity index is 576. The Balaban J connectivity index is 2.39. The molecule has 0 aliphatic heterocycles. The van der Waals surface area contributed by atoms with E-state index in [0.29, 0.717) is 5.92 Å². The minimum Gasteiger partial charge on any atom is -0.271 e. The monoisotopic (exact) mass is 272 g/mol. The Labute approximate surface area is 119 Å². The lowest BCUT2D eigenvalue weighted by Gasteiger charge is -2.20. The van der Waals surface area contributed by atoms with E-state index < -0.39 is 0 Å². The van der Waals surface area contributed by atoms with Gasteiger partial charge in [-0.1, -0.05) is 44.2 Å². The van der Waals surface area contributed by atoms with Crippen molar-refractivity contribution in [3.8, 4) is 0 Å². The summed E-state index contributed by atoms with van der Waals surface area (Å²) in [7, 11) is 0. The van der Waals surface area contributed by atoms with E-state index in [0.717, 1.165) is 16.7 Å². The molecular weight excluding hydrogens is 251 g/mol. The summed E-state index contributed by atoms with van der Waals surface area (Å²) in [6.45, 7) is 6.27. The van der Waals surface area contributed by atoms with Gasteiger partial charge in [-0.3, -0.25) is 5.84 Å². The van der Waals surface area contributed by atoms with E-state index in [1.807, 2.05) is 19.1 Å². The largest absolute Gasteiger partial charge is 0.271 e. The highest BCUT2D eigenvalue weighted by atomic mass is 19.1. The second kappa shape index (κ2) is 6.16. The van der Waals surface area contributed by atoms with Gasteiger partial charge < -0.3 is 0 Å². The van der Waals surface area contributed by atoms with Gasteiger partial charge in [0.05, 0.1) is 6.04 Å². The van der Waals surface area contributed by atoms with Gasteiger partial charge in [-0.2, -0.15) is 0 Å². The van der Waals surface area contributed by atoms with E-state index in [2.05, 4.69) is 31.4 Å². The molecule has 0 amide bonds. The topological polar surface area (TPSA) is 38.0 Å². The molecule has 0 saturated heterocycles. The number of benzene rings is 2.